The van der Waals surface area contributed by atoms with Crippen LogP contribution in [0.3, 0.4) is 0 Å². The molecule has 5 rings (SSSR count). The van der Waals surface area contributed by atoms with Crippen molar-refractivity contribution in [3.05, 3.63) is 76.2 Å². The minimum atomic E-state index is -3.99. The molecule has 0 atom stereocenters. The zero-order valence-corrected chi connectivity index (χ0v) is 25.5. The maximum atomic E-state index is 14.2. The Labute approximate surface area is 247 Å². The summed E-state index contributed by atoms with van der Waals surface area (Å²) in [5.74, 6) is 2.31. The summed E-state index contributed by atoms with van der Waals surface area (Å²) >= 11 is 0. The van der Waals surface area contributed by atoms with E-state index in [9.17, 15) is 13.2 Å². The van der Waals surface area contributed by atoms with Crippen molar-refractivity contribution in [3.63, 3.8) is 0 Å². The fraction of sp³-hybridized carbons (Fsp3) is 0.452. The second-order valence-corrected chi connectivity index (χ2v) is 12.8. The molecule has 2 aliphatic rings. The maximum absolute atomic E-state index is 14.2. The number of furan rings is 1. The van der Waals surface area contributed by atoms with Gasteiger partial charge in [0.25, 0.3) is 0 Å². The van der Waals surface area contributed by atoms with Crippen molar-refractivity contribution < 1.29 is 31.8 Å². The first kappa shape index (κ1) is 30.1. The molecule has 1 aromatic heterocycles. The van der Waals surface area contributed by atoms with Gasteiger partial charge in [0, 0.05) is 32.7 Å². The number of rotatable bonds is 11. The van der Waals surface area contributed by atoms with Crippen LogP contribution in [0.15, 0.2) is 51.8 Å². The summed E-state index contributed by atoms with van der Waals surface area (Å²) in [5, 5.41) is 0. The van der Waals surface area contributed by atoms with E-state index in [2.05, 4.69) is 4.90 Å². The van der Waals surface area contributed by atoms with E-state index in [1.165, 1.54) is 4.31 Å². The summed E-state index contributed by atoms with van der Waals surface area (Å²) in [4.78, 5) is 18.1. The lowest BCUT2D eigenvalue weighted by Gasteiger charge is -2.31. The second kappa shape index (κ2) is 12.9. The van der Waals surface area contributed by atoms with Gasteiger partial charge in [-0.15, -0.1) is 0 Å². The minimum absolute atomic E-state index is 0.154. The molecule has 0 N–H and O–H groups in total. The number of nitrogens with zero attached hydrogens (tertiary/aromatic N) is 3. The number of ether oxygens (including phenoxy) is 3. The Balaban J connectivity index is 1.43. The Hall–Kier alpha value is -3.38. The molecular formula is C31H39N3O7S. The Bertz CT molecular complexity index is 1510. The molecule has 11 heteroatoms. The van der Waals surface area contributed by atoms with Gasteiger partial charge in [0.15, 0.2) is 11.5 Å². The van der Waals surface area contributed by atoms with Gasteiger partial charge in [-0.25, -0.2) is 8.42 Å². The number of carbonyl (C=O) groups is 1. The van der Waals surface area contributed by atoms with Crippen molar-refractivity contribution in [2.45, 2.75) is 45.7 Å². The van der Waals surface area contributed by atoms with Gasteiger partial charge < -0.3 is 23.5 Å². The van der Waals surface area contributed by atoms with Crippen LogP contribution in [-0.4, -0.2) is 81.2 Å². The number of amides is 1. The zero-order chi connectivity index (χ0) is 29.9. The van der Waals surface area contributed by atoms with Crippen LogP contribution in [0.5, 0.6) is 11.5 Å². The number of benzene rings is 2. The highest BCUT2D eigenvalue weighted by atomic mass is 32.2. The molecule has 2 aromatic carbocycles. The highest BCUT2D eigenvalue weighted by molar-refractivity contribution is 7.89. The van der Waals surface area contributed by atoms with Gasteiger partial charge in [-0.1, -0.05) is 23.8 Å². The second-order valence-electron chi connectivity index (χ2n) is 11.0. The molecule has 0 unspecified atom stereocenters. The number of fused-ring (bicyclic) bond motifs is 1. The molecule has 0 spiro atoms. The molecule has 10 nitrogen and oxygen atoms in total. The van der Waals surface area contributed by atoms with Crippen LogP contribution in [0, 0.1) is 27.7 Å². The van der Waals surface area contributed by atoms with Gasteiger partial charge in [0.2, 0.25) is 22.7 Å². The van der Waals surface area contributed by atoms with Crippen molar-refractivity contribution in [2.75, 3.05) is 52.7 Å². The molecule has 1 fully saturated rings. The van der Waals surface area contributed by atoms with Gasteiger partial charge >= 0.3 is 0 Å². The molecule has 3 aromatic rings. The van der Waals surface area contributed by atoms with Crippen molar-refractivity contribution in [1.29, 1.82) is 0 Å². The third kappa shape index (κ3) is 6.97. The van der Waals surface area contributed by atoms with Gasteiger partial charge in [-0.05, 0) is 68.7 Å². The van der Waals surface area contributed by atoms with E-state index in [1.807, 2.05) is 56.3 Å². The highest BCUT2D eigenvalue weighted by Gasteiger charge is 2.32. The number of morpholine rings is 1. The summed E-state index contributed by atoms with van der Waals surface area (Å²) in [6.07, 6.45) is 0. The third-order valence-corrected chi connectivity index (χ3v) is 9.74. The van der Waals surface area contributed by atoms with E-state index < -0.39 is 10.0 Å². The van der Waals surface area contributed by atoms with Gasteiger partial charge in [-0.2, -0.15) is 4.31 Å². The van der Waals surface area contributed by atoms with Crippen LogP contribution in [-0.2, 0) is 32.6 Å². The average Bonchev–Trinajstić information content (AvgIpc) is 3.58. The Kier molecular flexibility index (Phi) is 9.22. The van der Waals surface area contributed by atoms with E-state index in [-0.39, 0.29) is 43.8 Å². The van der Waals surface area contributed by atoms with Gasteiger partial charge in [-0.3, -0.25) is 9.69 Å². The summed E-state index contributed by atoms with van der Waals surface area (Å²) in [7, 11) is -3.99. The Morgan fingerprint density at radius 3 is 2.31 bits per heavy atom. The maximum Gasteiger partial charge on any atom is 0.244 e. The summed E-state index contributed by atoms with van der Waals surface area (Å²) in [6.45, 7) is 11.0. The van der Waals surface area contributed by atoms with Crippen LogP contribution in [0.2, 0.25) is 0 Å². The zero-order valence-electron chi connectivity index (χ0n) is 24.7. The van der Waals surface area contributed by atoms with Crippen molar-refractivity contribution >= 4 is 15.9 Å². The van der Waals surface area contributed by atoms with Crippen LogP contribution >= 0.6 is 0 Å². The van der Waals surface area contributed by atoms with Crippen LogP contribution in [0.25, 0.3) is 0 Å². The molecule has 3 heterocycles. The molecule has 0 radical (unpaired) electrons. The average molecular weight is 598 g/mol. The lowest BCUT2D eigenvalue weighted by atomic mass is 10.1. The van der Waals surface area contributed by atoms with Gasteiger partial charge in [0.1, 0.15) is 11.5 Å². The standard InChI is InChI=1S/C31H39N3O7S/c1-22-15-23(2)31(24(3)16-22)42(36,37)34(10-9-32-11-13-38-14-12-32)20-30(35)33(19-27-7-5-25(4)41-27)18-26-6-8-28-29(17-26)40-21-39-28/h5-8,15-17H,9-14,18-21H2,1-4H3. The Morgan fingerprint density at radius 1 is 0.905 bits per heavy atom. The fourth-order valence-corrected chi connectivity index (χ4v) is 7.36. The summed E-state index contributed by atoms with van der Waals surface area (Å²) < 4.78 is 52.0. The summed E-state index contributed by atoms with van der Waals surface area (Å²) in [5.41, 5.74) is 3.16. The number of carbonyl (C=O) groups excluding carboxylic acids is 1. The molecule has 0 saturated carbocycles. The minimum Gasteiger partial charge on any atom is -0.464 e. The number of aryl methyl sites for hydroxylation is 4. The van der Waals surface area contributed by atoms with E-state index in [4.69, 9.17) is 18.6 Å². The lowest BCUT2D eigenvalue weighted by molar-refractivity contribution is -0.133. The van der Waals surface area contributed by atoms with Gasteiger partial charge in [0.05, 0.1) is 31.2 Å². The summed E-state index contributed by atoms with van der Waals surface area (Å²) in [6, 6.07) is 13.0. The van der Waals surface area contributed by atoms with E-state index >= 15 is 0 Å². The van der Waals surface area contributed by atoms with Crippen molar-refractivity contribution in [1.82, 2.24) is 14.1 Å². The van der Waals surface area contributed by atoms with Crippen LogP contribution < -0.4 is 9.47 Å². The van der Waals surface area contributed by atoms with Crippen molar-refractivity contribution in [2.24, 2.45) is 0 Å². The smallest absolute Gasteiger partial charge is 0.244 e. The first-order valence-corrected chi connectivity index (χ1v) is 15.6. The molecule has 226 valence electrons. The topological polar surface area (TPSA) is 102 Å². The number of hydrogen-bond donors (Lipinski definition) is 0. The Morgan fingerprint density at radius 2 is 1.62 bits per heavy atom. The predicted molar refractivity (Wildman–Crippen MR) is 157 cm³/mol. The first-order chi connectivity index (χ1) is 20.1. The highest BCUT2D eigenvalue weighted by Crippen LogP contribution is 2.33. The fourth-order valence-electron chi connectivity index (χ4n) is 5.57. The molecule has 0 aliphatic carbocycles. The van der Waals surface area contributed by atoms with Crippen molar-refractivity contribution in [3.8, 4) is 11.5 Å². The molecule has 1 saturated heterocycles. The normalized spacial score (nSPS) is 15.4. The molecule has 2 aliphatic heterocycles. The lowest BCUT2D eigenvalue weighted by Crippen LogP contribution is -2.47. The molecule has 42 heavy (non-hydrogen) atoms. The third-order valence-electron chi connectivity index (χ3n) is 7.59. The SMILES string of the molecule is Cc1cc(C)c(S(=O)(=O)N(CCN2CCOCC2)CC(=O)N(Cc2ccc3c(c2)OCO3)Cc2ccc(C)o2)c(C)c1. The van der Waals surface area contributed by atoms with Crippen LogP contribution in [0.1, 0.15) is 33.8 Å². The monoisotopic (exact) mass is 597 g/mol. The first-order valence-electron chi connectivity index (χ1n) is 14.2. The predicted octanol–water partition coefficient (Wildman–Crippen LogP) is 3.79. The molecule has 1 amide bonds. The number of sulfonamides is 1. The molecular weight excluding hydrogens is 558 g/mol. The molecule has 0 bridgehead atoms. The van der Waals surface area contributed by atoms with E-state index in [0.717, 1.165) is 30.0 Å². The van der Waals surface area contributed by atoms with E-state index in [1.54, 1.807) is 18.7 Å². The number of hydrogen-bond acceptors (Lipinski definition) is 8. The quantitative estimate of drug-likeness (QED) is 0.329. The largest absolute Gasteiger partial charge is 0.464 e. The van der Waals surface area contributed by atoms with E-state index in [0.29, 0.717) is 48.1 Å². The van der Waals surface area contributed by atoms with Crippen LogP contribution in [0.4, 0.5) is 0 Å².